The molecule has 1 saturated heterocycles. The number of carbonyl (C=O) groups excluding carboxylic acids is 2. The minimum Gasteiger partial charge on any atom is -0.379 e. The molecule has 1 aliphatic heterocycles. The summed E-state index contributed by atoms with van der Waals surface area (Å²) in [7, 11) is 0. The van der Waals surface area contributed by atoms with Crippen molar-refractivity contribution in [2.24, 2.45) is 0 Å². The summed E-state index contributed by atoms with van der Waals surface area (Å²) in [5.41, 5.74) is 3.91. The Morgan fingerprint density at radius 2 is 1.78 bits per heavy atom. The largest absolute Gasteiger partial charge is 0.379 e. The van der Waals surface area contributed by atoms with Gasteiger partial charge in [-0.25, -0.2) is 4.79 Å². The van der Waals surface area contributed by atoms with Gasteiger partial charge in [-0.3, -0.25) is 19.9 Å². The fraction of sp³-hybridized carbons (Fsp3) is 0.440. The minimum atomic E-state index is -0.510. The van der Waals surface area contributed by atoms with E-state index < -0.39 is 6.03 Å². The van der Waals surface area contributed by atoms with Crippen molar-refractivity contribution in [2.75, 3.05) is 44.7 Å². The topological polar surface area (TPSA) is 73.9 Å². The number of amides is 3. The van der Waals surface area contributed by atoms with Crippen LogP contribution in [0.25, 0.3) is 0 Å². The Kier molecular flexibility index (Phi) is 8.79. The average Bonchev–Trinajstić information content (AvgIpc) is 2.78. The summed E-state index contributed by atoms with van der Waals surface area (Å²) in [5, 5.41) is 5.27. The molecule has 0 spiro atoms. The molecule has 2 N–H and O–H groups in total. The van der Waals surface area contributed by atoms with Crippen molar-refractivity contribution < 1.29 is 14.3 Å². The summed E-state index contributed by atoms with van der Waals surface area (Å²) in [6.45, 7) is 11.0. The van der Waals surface area contributed by atoms with Crippen molar-refractivity contribution in [2.45, 2.75) is 33.4 Å². The summed E-state index contributed by atoms with van der Waals surface area (Å²) in [5.74, 6) is -0.322. The maximum atomic E-state index is 12.7. The van der Waals surface area contributed by atoms with E-state index in [1.807, 2.05) is 50.2 Å². The molecule has 0 aromatic heterocycles. The lowest BCUT2D eigenvalue weighted by molar-refractivity contribution is -0.121. The van der Waals surface area contributed by atoms with Crippen LogP contribution in [-0.2, 0) is 16.1 Å². The van der Waals surface area contributed by atoms with E-state index in [0.717, 1.165) is 49.5 Å². The molecule has 32 heavy (non-hydrogen) atoms. The molecule has 3 rings (SSSR count). The number of carbonyl (C=O) groups is 2. The molecule has 2 aromatic rings. The second kappa shape index (κ2) is 11.8. The van der Waals surface area contributed by atoms with E-state index in [0.29, 0.717) is 12.2 Å². The normalized spacial score (nSPS) is 15.4. The van der Waals surface area contributed by atoms with Crippen molar-refractivity contribution in [3.63, 3.8) is 0 Å². The summed E-state index contributed by atoms with van der Waals surface area (Å²) in [4.78, 5) is 29.6. The summed E-state index contributed by atoms with van der Waals surface area (Å²) in [6, 6.07) is 15.4. The van der Waals surface area contributed by atoms with Crippen LogP contribution in [0.3, 0.4) is 0 Å². The Balaban J connectivity index is 1.61. The summed E-state index contributed by atoms with van der Waals surface area (Å²) < 4.78 is 5.45. The van der Waals surface area contributed by atoms with E-state index in [1.54, 1.807) is 0 Å². The number of nitrogens with zero attached hydrogens (tertiary/aromatic N) is 2. The number of aryl methyl sites for hydroxylation is 1. The lowest BCUT2D eigenvalue weighted by Crippen LogP contribution is -2.49. The van der Waals surface area contributed by atoms with Gasteiger partial charge in [-0.15, -0.1) is 0 Å². The lowest BCUT2D eigenvalue weighted by Gasteiger charge is -2.34. The molecule has 0 aliphatic carbocycles. The van der Waals surface area contributed by atoms with Crippen LogP contribution in [0.4, 0.5) is 10.5 Å². The Morgan fingerprint density at radius 1 is 1.06 bits per heavy atom. The summed E-state index contributed by atoms with van der Waals surface area (Å²) >= 11 is 0. The molecule has 0 saturated carbocycles. The van der Waals surface area contributed by atoms with Crippen LogP contribution in [0, 0.1) is 13.8 Å². The third kappa shape index (κ3) is 7.15. The van der Waals surface area contributed by atoms with Gasteiger partial charge in [0.25, 0.3) is 0 Å². The Labute approximate surface area is 190 Å². The van der Waals surface area contributed by atoms with Crippen molar-refractivity contribution in [1.82, 2.24) is 15.1 Å². The Hall–Kier alpha value is -2.74. The fourth-order valence-corrected chi connectivity index (χ4v) is 3.85. The number of ether oxygens (including phenoxy) is 1. The third-order valence-electron chi connectivity index (χ3n) is 5.93. The molecule has 1 unspecified atom stereocenters. The zero-order chi connectivity index (χ0) is 22.9. The summed E-state index contributed by atoms with van der Waals surface area (Å²) in [6.07, 6.45) is 0. The zero-order valence-corrected chi connectivity index (χ0v) is 19.3. The number of nitrogens with one attached hydrogen (secondary N) is 2. The van der Waals surface area contributed by atoms with Gasteiger partial charge in [-0.05, 0) is 43.5 Å². The van der Waals surface area contributed by atoms with Crippen molar-refractivity contribution in [3.05, 3.63) is 65.2 Å². The average molecular weight is 439 g/mol. The highest BCUT2D eigenvalue weighted by molar-refractivity contribution is 6.02. The number of hydrogen-bond donors (Lipinski definition) is 2. The smallest absolute Gasteiger partial charge is 0.325 e. The lowest BCUT2D eigenvalue weighted by atomic mass is 10.1. The maximum Gasteiger partial charge on any atom is 0.325 e. The van der Waals surface area contributed by atoms with Gasteiger partial charge in [0.2, 0.25) is 5.91 Å². The number of imide groups is 1. The highest BCUT2D eigenvalue weighted by Gasteiger charge is 2.22. The second-order valence-corrected chi connectivity index (χ2v) is 8.40. The second-order valence-electron chi connectivity index (χ2n) is 8.40. The van der Waals surface area contributed by atoms with E-state index in [2.05, 4.69) is 39.5 Å². The van der Waals surface area contributed by atoms with Crippen LogP contribution in [0.5, 0.6) is 0 Å². The number of urea groups is 1. The highest BCUT2D eigenvalue weighted by Crippen LogP contribution is 2.17. The molecule has 0 bridgehead atoms. The van der Waals surface area contributed by atoms with Crippen molar-refractivity contribution >= 4 is 17.6 Å². The number of morpholine rings is 1. The minimum absolute atomic E-state index is 0.140. The quantitative estimate of drug-likeness (QED) is 0.662. The molecule has 1 aliphatic rings. The molecule has 3 amide bonds. The van der Waals surface area contributed by atoms with E-state index in [9.17, 15) is 9.59 Å². The van der Waals surface area contributed by atoms with Gasteiger partial charge >= 0.3 is 6.03 Å². The molecule has 7 heteroatoms. The van der Waals surface area contributed by atoms with Gasteiger partial charge < -0.3 is 10.1 Å². The SMILES string of the molecule is Cc1cccc(NC(=O)NC(=O)CN(Cc2ccccc2)C(C)CN2CCOCC2)c1C. The first kappa shape index (κ1) is 23.9. The van der Waals surface area contributed by atoms with E-state index in [4.69, 9.17) is 4.74 Å². The molecule has 1 heterocycles. The van der Waals surface area contributed by atoms with Gasteiger partial charge in [0, 0.05) is 37.9 Å². The van der Waals surface area contributed by atoms with Crippen LogP contribution in [0.2, 0.25) is 0 Å². The number of benzene rings is 2. The van der Waals surface area contributed by atoms with Crippen LogP contribution in [-0.4, -0.2) is 67.2 Å². The maximum absolute atomic E-state index is 12.7. The first-order valence-electron chi connectivity index (χ1n) is 11.2. The zero-order valence-electron chi connectivity index (χ0n) is 19.3. The van der Waals surface area contributed by atoms with Crippen LogP contribution < -0.4 is 10.6 Å². The van der Waals surface area contributed by atoms with Gasteiger partial charge in [0.15, 0.2) is 0 Å². The molecule has 172 valence electrons. The first-order valence-corrected chi connectivity index (χ1v) is 11.2. The van der Waals surface area contributed by atoms with Crippen molar-refractivity contribution in [3.8, 4) is 0 Å². The number of rotatable bonds is 8. The number of hydrogen-bond acceptors (Lipinski definition) is 5. The van der Waals surface area contributed by atoms with Gasteiger partial charge in [0.1, 0.15) is 0 Å². The highest BCUT2D eigenvalue weighted by atomic mass is 16.5. The monoisotopic (exact) mass is 438 g/mol. The molecular weight excluding hydrogens is 404 g/mol. The van der Waals surface area contributed by atoms with E-state index in [-0.39, 0.29) is 18.5 Å². The third-order valence-corrected chi connectivity index (χ3v) is 5.93. The van der Waals surface area contributed by atoms with Crippen LogP contribution in [0.1, 0.15) is 23.6 Å². The predicted molar refractivity (Wildman–Crippen MR) is 127 cm³/mol. The molecule has 2 aromatic carbocycles. The molecule has 1 fully saturated rings. The number of anilines is 1. The van der Waals surface area contributed by atoms with E-state index in [1.165, 1.54) is 0 Å². The van der Waals surface area contributed by atoms with Crippen LogP contribution >= 0.6 is 0 Å². The first-order chi connectivity index (χ1) is 15.4. The van der Waals surface area contributed by atoms with Gasteiger partial charge in [-0.2, -0.15) is 0 Å². The van der Waals surface area contributed by atoms with Crippen LogP contribution in [0.15, 0.2) is 48.5 Å². The Morgan fingerprint density at radius 3 is 2.50 bits per heavy atom. The fourth-order valence-electron chi connectivity index (χ4n) is 3.85. The van der Waals surface area contributed by atoms with Gasteiger partial charge in [0.05, 0.1) is 19.8 Å². The standard InChI is InChI=1S/C25H34N4O3/c1-19-8-7-11-23(21(19)3)26-25(31)27-24(30)18-29(17-22-9-5-4-6-10-22)20(2)16-28-12-14-32-15-13-28/h4-11,20H,12-18H2,1-3H3,(H2,26,27,30,31). The van der Waals surface area contributed by atoms with Gasteiger partial charge in [-0.1, -0.05) is 42.5 Å². The van der Waals surface area contributed by atoms with Crippen molar-refractivity contribution in [1.29, 1.82) is 0 Å². The molecule has 1 atom stereocenters. The molecular formula is C25H34N4O3. The Bertz CT molecular complexity index is 897. The molecule has 0 radical (unpaired) electrons. The predicted octanol–water partition coefficient (Wildman–Crippen LogP) is 3.17. The molecule has 7 nitrogen and oxygen atoms in total. The van der Waals surface area contributed by atoms with E-state index >= 15 is 0 Å².